The third-order valence-corrected chi connectivity index (χ3v) is 7.59. The van der Waals surface area contributed by atoms with Crippen LogP contribution in [-0.2, 0) is 11.3 Å². The Morgan fingerprint density at radius 1 is 0.932 bits per heavy atom. The zero-order chi connectivity index (χ0) is 31.6. The molecule has 0 aliphatic carbocycles. The summed E-state index contributed by atoms with van der Waals surface area (Å²) in [4.78, 5) is 32.5. The Morgan fingerprint density at radius 2 is 1.57 bits per heavy atom. The molecule has 1 fully saturated rings. The van der Waals surface area contributed by atoms with E-state index in [2.05, 4.69) is 5.32 Å². The molecule has 3 aromatic rings. The topological polar surface area (TPSA) is 83.6 Å². The zero-order valence-electron chi connectivity index (χ0n) is 25.1. The van der Waals surface area contributed by atoms with Gasteiger partial charge in [0, 0.05) is 27.4 Å². The van der Waals surface area contributed by atoms with Crippen LogP contribution >= 0.6 is 23.2 Å². The summed E-state index contributed by atoms with van der Waals surface area (Å²) in [6.07, 6.45) is 3.09. The van der Waals surface area contributed by atoms with Crippen LogP contribution in [0.25, 0.3) is 0 Å². The summed E-state index contributed by atoms with van der Waals surface area (Å²) in [7, 11) is 3.15. The summed E-state index contributed by atoms with van der Waals surface area (Å²) < 4.78 is 16.8. The lowest BCUT2D eigenvalue weighted by atomic mass is 10.0. The Morgan fingerprint density at radius 3 is 2.16 bits per heavy atom. The number of carbonyl (C=O) groups excluding carboxylic acids is 2. The molecule has 44 heavy (non-hydrogen) atoms. The number of amides is 3. The number of benzene rings is 3. The SMILES string of the molecule is COc1ccc(CN(C(=O)OC(C)(C)C)C2=CC=C3C(CN(c4ccc(Cl)cc4)C(=O)N3c3ccc(Cl)cc3)N2)c(OC)c1. The maximum Gasteiger partial charge on any atom is 0.416 e. The van der Waals surface area contributed by atoms with Gasteiger partial charge in [0.1, 0.15) is 22.9 Å². The number of rotatable bonds is 7. The van der Waals surface area contributed by atoms with Gasteiger partial charge in [-0.1, -0.05) is 23.2 Å². The van der Waals surface area contributed by atoms with Crippen molar-refractivity contribution in [1.82, 2.24) is 10.2 Å². The summed E-state index contributed by atoms with van der Waals surface area (Å²) in [6, 6.07) is 19.0. The Labute approximate surface area is 267 Å². The summed E-state index contributed by atoms with van der Waals surface area (Å²) >= 11 is 12.3. The van der Waals surface area contributed by atoms with Crippen molar-refractivity contribution < 1.29 is 23.8 Å². The molecule has 1 unspecified atom stereocenters. The molecular formula is C33H34Cl2N4O5. The van der Waals surface area contributed by atoms with Crippen LogP contribution in [0.3, 0.4) is 0 Å². The quantitative estimate of drug-likeness (QED) is 0.288. The number of anilines is 2. The first kappa shape index (κ1) is 31.1. The number of urea groups is 1. The highest BCUT2D eigenvalue weighted by atomic mass is 35.5. The maximum atomic E-state index is 14.0. The number of carbonyl (C=O) groups is 2. The summed E-state index contributed by atoms with van der Waals surface area (Å²) in [5, 5.41) is 4.64. The second kappa shape index (κ2) is 12.7. The molecule has 2 aliphatic heterocycles. The number of nitrogens with zero attached hydrogens (tertiary/aromatic N) is 3. The van der Waals surface area contributed by atoms with Gasteiger partial charge in [0.2, 0.25) is 0 Å². The number of allylic oxidation sites excluding steroid dienone is 2. The minimum atomic E-state index is -0.733. The molecule has 1 saturated heterocycles. The molecule has 9 nitrogen and oxygen atoms in total. The molecule has 0 aromatic heterocycles. The van der Waals surface area contributed by atoms with Gasteiger partial charge >= 0.3 is 12.1 Å². The number of hydrogen-bond donors (Lipinski definition) is 1. The normalized spacial score (nSPS) is 16.3. The van der Waals surface area contributed by atoms with Gasteiger partial charge in [-0.15, -0.1) is 0 Å². The molecule has 11 heteroatoms. The average molecular weight is 638 g/mol. The molecule has 3 amide bonds. The smallest absolute Gasteiger partial charge is 0.416 e. The van der Waals surface area contributed by atoms with E-state index in [1.54, 1.807) is 84.7 Å². The summed E-state index contributed by atoms with van der Waals surface area (Å²) in [5.41, 5.74) is 2.07. The average Bonchev–Trinajstić information content (AvgIpc) is 2.99. The molecule has 2 heterocycles. The van der Waals surface area contributed by atoms with Crippen molar-refractivity contribution in [1.29, 1.82) is 0 Å². The Balaban J connectivity index is 1.56. The van der Waals surface area contributed by atoms with Crippen LogP contribution in [0.15, 0.2) is 90.4 Å². The van der Waals surface area contributed by atoms with Crippen molar-refractivity contribution in [2.24, 2.45) is 0 Å². The molecule has 2 aliphatic rings. The Bertz CT molecular complexity index is 1600. The molecule has 0 radical (unpaired) electrons. The monoisotopic (exact) mass is 636 g/mol. The third-order valence-electron chi connectivity index (χ3n) is 7.09. The van der Waals surface area contributed by atoms with Crippen LogP contribution < -0.4 is 24.6 Å². The number of hydrogen-bond acceptors (Lipinski definition) is 6. The molecule has 1 N–H and O–H groups in total. The third kappa shape index (κ3) is 6.74. The predicted octanol–water partition coefficient (Wildman–Crippen LogP) is 7.59. The van der Waals surface area contributed by atoms with Crippen molar-refractivity contribution in [2.75, 3.05) is 30.6 Å². The van der Waals surface area contributed by atoms with E-state index in [0.717, 1.165) is 11.3 Å². The van der Waals surface area contributed by atoms with Gasteiger partial charge in [0.15, 0.2) is 0 Å². The van der Waals surface area contributed by atoms with Crippen LogP contribution in [0, 0.1) is 0 Å². The first-order valence-electron chi connectivity index (χ1n) is 14.0. The minimum Gasteiger partial charge on any atom is -0.497 e. The minimum absolute atomic E-state index is 0.150. The van der Waals surface area contributed by atoms with E-state index in [0.29, 0.717) is 45.3 Å². The van der Waals surface area contributed by atoms with Crippen molar-refractivity contribution >= 4 is 46.7 Å². The maximum absolute atomic E-state index is 14.0. The van der Waals surface area contributed by atoms with E-state index in [1.807, 2.05) is 39.0 Å². The number of nitrogens with one attached hydrogen (secondary N) is 1. The fraction of sp³-hybridized carbons (Fsp3) is 0.273. The number of fused-ring (bicyclic) bond motifs is 1. The lowest BCUT2D eigenvalue weighted by Crippen LogP contribution is -2.60. The number of halogens is 2. The lowest BCUT2D eigenvalue weighted by molar-refractivity contribution is 0.0283. The Hall–Kier alpha value is -4.34. The molecule has 1 atom stereocenters. The molecule has 0 saturated carbocycles. The number of ether oxygens (including phenoxy) is 3. The first-order valence-corrected chi connectivity index (χ1v) is 14.8. The second-order valence-electron chi connectivity index (χ2n) is 11.3. The second-order valence-corrected chi connectivity index (χ2v) is 12.1. The molecular weight excluding hydrogens is 603 g/mol. The molecule has 230 valence electrons. The van der Waals surface area contributed by atoms with E-state index in [1.165, 1.54) is 4.90 Å². The van der Waals surface area contributed by atoms with Gasteiger partial charge in [0.05, 0.1) is 44.7 Å². The van der Waals surface area contributed by atoms with Gasteiger partial charge in [0.25, 0.3) is 0 Å². The van der Waals surface area contributed by atoms with E-state index in [4.69, 9.17) is 37.4 Å². The fourth-order valence-electron chi connectivity index (χ4n) is 5.01. The van der Waals surface area contributed by atoms with Crippen LogP contribution in [0.1, 0.15) is 26.3 Å². The van der Waals surface area contributed by atoms with Gasteiger partial charge in [-0.05, 0) is 93.6 Å². The first-order chi connectivity index (χ1) is 21.0. The van der Waals surface area contributed by atoms with Crippen LogP contribution in [0.5, 0.6) is 11.5 Å². The van der Waals surface area contributed by atoms with Crippen LogP contribution in [-0.4, -0.2) is 49.4 Å². The standard InChI is InChI=1S/C33H34Cl2N4O5/c1-33(2,3)44-32(41)38(19-21-6-15-26(42-4)18-29(21)43-5)30-17-16-28-27(36-30)20-37(24-11-7-22(34)8-12-24)31(40)39(28)25-13-9-23(35)10-14-25/h6-18,27,36H,19-20H2,1-5H3. The largest absolute Gasteiger partial charge is 0.497 e. The Kier molecular flexibility index (Phi) is 8.99. The summed E-state index contributed by atoms with van der Waals surface area (Å²) in [5.74, 6) is 1.71. The van der Waals surface area contributed by atoms with Crippen LogP contribution in [0.2, 0.25) is 10.0 Å². The van der Waals surface area contributed by atoms with E-state index < -0.39 is 11.7 Å². The highest BCUT2D eigenvalue weighted by Crippen LogP contribution is 2.35. The molecule has 5 rings (SSSR count). The van der Waals surface area contributed by atoms with Crippen molar-refractivity contribution in [2.45, 2.75) is 39.0 Å². The fourth-order valence-corrected chi connectivity index (χ4v) is 5.27. The van der Waals surface area contributed by atoms with Gasteiger partial charge in [-0.2, -0.15) is 0 Å². The van der Waals surface area contributed by atoms with E-state index in [9.17, 15) is 9.59 Å². The van der Waals surface area contributed by atoms with Gasteiger partial charge in [-0.3, -0.25) is 14.7 Å². The van der Waals surface area contributed by atoms with E-state index >= 15 is 0 Å². The zero-order valence-corrected chi connectivity index (χ0v) is 26.6. The number of methoxy groups -OCH3 is 2. The molecule has 0 bridgehead atoms. The molecule has 3 aromatic carbocycles. The highest BCUT2D eigenvalue weighted by molar-refractivity contribution is 6.31. The van der Waals surface area contributed by atoms with Crippen molar-refractivity contribution in [3.05, 3.63) is 106 Å². The summed E-state index contributed by atoms with van der Waals surface area (Å²) in [6.45, 7) is 5.90. The van der Waals surface area contributed by atoms with Crippen LogP contribution in [0.4, 0.5) is 21.0 Å². The predicted molar refractivity (Wildman–Crippen MR) is 173 cm³/mol. The highest BCUT2D eigenvalue weighted by Gasteiger charge is 2.40. The number of dihydropyridines is 1. The van der Waals surface area contributed by atoms with Gasteiger partial charge < -0.3 is 19.5 Å². The van der Waals surface area contributed by atoms with E-state index in [-0.39, 0.29) is 18.6 Å². The lowest BCUT2D eigenvalue weighted by Gasteiger charge is -2.44. The molecule has 0 spiro atoms. The van der Waals surface area contributed by atoms with Crippen molar-refractivity contribution in [3.63, 3.8) is 0 Å². The van der Waals surface area contributed by atoms with Crippen molar-refractivity contribution in [3.8, 4) is 11.5 Å². The van der Waals surface area contributed by atoms with Gasteiger partial charge in [-0.25, -0.2) is 9.59 Å².